The van der Waals surface area contributed by atoms with Gasteiger partial charge in [0.15, 0.2) is 0 Å². The lowest BCUT2D eigenvalue weighted by Crippen LogP contribution is -1.96. The molecule has 1 nitrogen and oxygen atoms in total. The van der Waals surface area contributed by atoms with E-state index in [4.69, 9.17) is 0 Å². The van der Waals surface area contributed by atoms with Crippen LogP contribution in [0.2, 0.25) is 0 Å². The zero-order valence-corrected chi connectivity index (χ0v) is 13.3. The molecule has 0 radical (unpaired) electrons. The number of aromatic nitrogens is 1. The first-order valence-corrected chi connectivity index (χ1v) is 8.10. The highest BCUT2D eigenvalue weighted by molar-refractivity contribution is 9.09. The van der Waals surface area contributed by atoms with Crippen LogP contribution in [-0.2, 0) is 6.42 Å². The fraction of sp³-hybridized carbons (Fsp3) is 0.188. The van der Waals surface area contributed by atoms with Crippen molar-refractivity contribution in [3.63, 3.8) is 0 Å². The molecule has 0 aliphatic heterocycles. The largest absolute Gasteiger partial charge is 0.241 e. The predicted molar refractivity (Wildman–Crippen MR) is 86.1 cm³/mol. The van der Waals surface area contributed by atoms with E-state index in [1.165, 1.54) is 4.70 Å². The molecule has 3 aromatic rings. The Morgan fingerprint density at radius 1 is 1.25 bits per heavy atom. The van der Waals surface area contributed by atoms with Crippen molar-refractivity contribution in [1.29, 1.82) is 0 Å². The van der Waals surface area contributed by atoms with Crippen LogP contribution in [0.1, 0.15) is 21.0 Å². The van der Waals surface area contributed by atoms with Gasteiger partial charge in [-0.1, -0.05) is 34.1 Å². The van der Waals surface area contributed by atoms with E-state index in [9.17, 15) is 4.39 Å². The summed E-state index contributed by atoms with van der Waals surface area (Å²) in [5.74, 6) is -0.186. The Labute approximate surface area is 129 Å². The van der Waals surface area contributed by atoms with Gasteiger partial charge in [-0.25, -0.2) is 9.37 Å². The summed E-state index contributed by atoms with van der Waals surface area (Å²) >= 11 is 5.34. The van der Waals surface area contributed by atoms with E-state index in [1.54, 1.807) is 23.5 Å². The van der Waals surface area contributed by atoms with Crippen molar-refractivity contribution in [3.05, 3.63) is 64.4 Å². The summed E-state index contributed by atoms with van der Waals surface area (Å²) in [6.07, 6.45) is 0.766. The van der Waals surface area contributed by atoms with E-state index in [1.807, 2.05) is 31.2 Å². The minimum atomic E-state index is -0.186. The molecule has 0 N–H and O–H groups in total. The van der Waals surface area contributed by atoms with Gasteiger partial charge < -0.3 is 0 Å². The van der Waals surface area contributed by atoms with Crippen molar-refractivity contribution in [1.82, 2.24) is 4.98 Å². The number of halogens is 2. The maximum atomic E-state index is 13.5. The van der Waals surface area contributed by atoms with E-state index >= 15 is 0 Å². The molecule has 0 amide bonds. The lowest BCUT2D eigenvalue weighted by atomic mass is 10.1. The Morgan fingerprint density at radius 3 is 2.80 bits per heavy atom. The van der Waals surface area contributed by atoms with Crippen LogP contribution in [0.15, 0.2) is 42.5 Å². The number of alkyl halides is 1. The van der Waals surface area contributed by atoms with Crippen LogP contribution in [0.5, 0.6) is 0 Å². The normalized spacial score (nSPS) is 12.8. The molecule has 4 heteroatoms. The molecule has 20 heavy (non-hydrogen) atoms. The second-order valence-corrected chi connectivity index (χ2v) is 7.03. The fourth-order valence-electron chi connectivity index (χ4n) is 2.22. The summed E-state index contributed by atoms with van der Waals surface area (Å²) < 4.78 is 14.7. The molecule has 0 bridgehead atoms. The van der Waals surface area contributed by atoms with Gasteiger partial charge in [-0.15, -0.1) is 11.3 Å². The standard InChI is InChI=1S/C16H13BrFNS/c1-10-6-11(8-12(18)7-10)13(17)9-16-19-14-4-2-3-5-15(14)20-16/h2-8,13H,9H2,1H3. The predicted octanol–water partition coefficient (Wildman–Crippen LogP) is 5.42. The van der Waals surface area contributed by atoms with Crippen LogP contribution in [0.4, 0.5) is 4.39 Å². The Kier molecular flexibility index (Phi) is 3.85. The quantitative estimate of drug-likeness (QED) is 0.575. The smallest absolute Gasteiger partial charge is 0.123 e. The molecule has 2 aromatic carbocycles. The zero-order valence-electron chi connectivity index (χ0n) is 10.9. The molecule has 0 saturated heterocycles. The van der Waals surface area contributed by atoms with Gasteiger partial charge in [-0.3, -0.25) is 0 Å². The third-order valence-electron chi connectivity index (χ3n) is 3.12. The van der Waals surface area contributed by atoms with Gasteiger partial charge in [-0.2, -0.15) is 0 Å². The summed E-state index contributed by atoms with van der Waals surface area (Å²) in [4.78, 5) is 4.70. The molecule has 0 aliphatic carbocycles. The fourth-order valence-corrected chi connectivity index (χ4v) is 4.02. The molecule has 0 saturated carbocycles. The number of thiazole rings is 1. The van der Waals surface area contributed by atoms with Crippen LogP contribution in [-0.4, -0.2) is 4.98 Å². The van der Waals surface area contributed by atoms with E-state index in [0.29, 0.717) is 0 Å². The maximum Gasteiger partial charge on any atom is 0.123 e. The average molecular weight is 350 g/mol. The molecular formula is C16H13BrFNS. The van der Waals surface area contributed by atoms with Gasteiger partial charge in [0.25, 0.3) is 0 Å². The van der Waals surface area contributed by atoms with E-state index in [2.05, 4.69) is 27.0 Å². The molecule has 1 aromatic heterocycles. The molecular weight excluding hydrogens is 337 g/mol. The van der Waals surface area contributed by atoms with E-state index < -0.39 is 0 Å². The minimum absolute atomic E-state index is 0.0810. The maximum absolute atomic E-state index is 13.5. The number of rotatable bonds is 3. The van der Waals surface area contributed by atoms with Crippen LogP contribution in [0, 0.1) is 12.7 Å². The number of hydrogen-bond acceptors (Lipinski definition) is 2. The van der Waals surface area contributed by atoms with Gasteiger partial charge in [0.2, 0.25) is 0 Å². The van der Waals surface area contributed by atoms with Gasteiger partial charge in [-0.05, 0) is 42.3 Å². The number of benzene rings is 2. The number of para-hydroxylation sites is 1. The van der Waals surface area contributed by atoms with Gasteiger partial charge in [0.05, 0.1) is 15.2 Å². The Morgan fingerprint density at radius 2 is 2.05 bits per heavy atom. The monoisotopic (exact) mass is 349 g/mol. The van der Waals surface area contributed by atoms with Gasteiger partial charge in [0, 0.05) is 11.2 Å². The highest BCUT2D eigenvalue weighted by Gasteiger charge is 2.13. The number of nitrogens with zero attached hydrogens (tertiary/aromatic N) is 1. The Bertz CT molecular complexity index is 700. The first kappa shape index (κ1) is 13.7. The van der Waals surface area contributed by atoms with Crippen molar-refractivity contribution in [2.75, 3.05) is 0 Å². The lowest BCUT2D eigenvalue weighted by molar-refractivity contribution is 0.623. The second-order valence-electron chi connectivity index (χ2n) is 4.81. The van der Waals surface area contributed by atoms with Crippen molar-refractivity contribution in [2.45, 2.75) is 18.2 Å². The summed E-state index contributed by atoms with van der Waals surface area (Å²) in [7, 11) is 0. The number of aryl methyl sites for hydroxylation is 1. The van der Waals surface area contributed by atoms with Crippen LogP contribution in [0.25, 0.3) is 10.2 Å². The molecule has 0 fully saturated rings. The van der Waals surface area contributed by atoms with E-state index in [0.717, 1.165) is 28.1 Å². The van der Waals surface area contributed by atoms with Crippen LogP contribution in [0.3, 0.4) is 0 Å². The molecule has 1 unspecified atom stereocenters. The average Bonchev–Trinajstić information content (AvgIpc) is 2.79. The third kappa shape index (κ3) is 2.91. The topological polar surface area (TPSA) is 12.9 Å². The molecule has 0 aliphatic rings. The number of hydrogen-bond donors (Lipinski definition) is 0. The molecule has 0 spiro atoms. The van der Waals surface area contributed by atoms with Gasteiger partial charge >= 0.3 is 0 Å². The number of fused-ring (bicyclic) bond motifs is 1. The zero-order chi connectivity index (χ0) is 14.1. The Hall–Kier alpha value is -1.26. The highest BCUT2D eigenvalue weighted by Crippen LogP contribution is 2.31. The minimum Gasteiger partial charge on any atom is -0.241 e. The Balaban J connectivity index is 1.86. The van der Waals surface area contributed by atoms with Crippen LogP contribution < -0.4 is 0 Å². The lowest BCUT2D eigenvalue weighted by Gasteiger charge is -2.09. The summed E-state index contributed by atoms with van der Waals surface area (Å²) in [6, 6.07) is 13.2. The molecule has 1 heterocycles. The third-order valence-corrected chi connectivity index (χ3v) is 5.03. The van der Waals surface area contributed by atoms with Crippen LogP contribution >= 0.6 is 27.3 Å². The highest BCUT2D eigenvalue weighted by atomic mass is 79.9. The molecule has 102 valence electrons. The van der Waals surface area contributed by atoms with E-state index in [-0.39, 0.29) is 10.6 Å². The summed E-state index contributed by atoms with van der Waals surface area (Å²) in [6.45, 7) is 1.91. The summed E-state index contributed by atoms with van der Waals surface area (Å²) in [5.41, 5.74) is 2.93. The van der Waals surface area contributed by atoms with Gasteiger partial charge in [0.1, 0.15) is 5.82 Å². The molecule has 1 atom stereocenters. The second kappa shape index (κ2) is 5.62. The van der Waals surface area contributed by atoms with Crippen molar-refractivity contribution in [2.24, 2.45) is 0 Å². The first-order chi connectivity index (χ1) is 9.61. The molecule has 3 rings (SSSR count). The summed E-state index contributed by atoms with van der Waals surface area (Å²) in [5, 5.41) is 1.06. The van der Waals surface area contributed by atoms with Crippen molar-refractivity contribution >= 4 is 37.5 Å². The SMILES string of the molecule is Cc1cc(F)cc(C(Br)Cc2nc3ccccc3s2)c1. The van der Waals surface area contributed by atoms with Crippen molar-refractivity contribution in [3.8, 4) is 0 Å². The first-order valence-electron chi connectivity index (χ1n) is 6.37. The van der Waals surface area contributed by atoms with Crippen molar-refractivity contribution < 1.29 is 4.39 Å².